The number of hydrogen-bond donors (Lipinski definition) is 1. The van der Waals surface area contributed by atoms with Gasteiger partial charge in [0, 0.05) is 17.0 Å². The quantitative estimate of drug-likeness (QED) is 0.645. The number of carbonyl (C=O) groups is 1. The second-order valence-electron chi connectivity index (χ2n) is 6.35. The van der Waals surface area contributed by atoms with E-state index in [-0.39, 0.29) is 24.2 Å². The molecule has 0 unspecified atom stereocenters. The summed E-state index contributed by atoms with van der Waals surface area (Å²) < 4.78 is 0. The van der Waals surface area contributed by atoms with E-state index in [2.05, 4.69) is 16.3 Å². The Morgan fingerprint density at radius 2 is 2.20 bits per heavy atom. The zero-order valence-electron chi connectivity index (χ0n) is 14.3. The molecule has 1 aliphatic heterocycles. The van der Waals surface area contributed by atoms with E-state index in [9.17, 15) is 14.9 Å². The molecule has 0 spiro atoms. The van der Waals surface area contributed by atoms with Crippen LogP contribution in [0.25, 0.3) is 0 Å². The lowest BCUT2D eigenvalue weighted by Crippen LogP contribution is -2.33. The molecule has 0 aliphatic carbocycles. The summed E-state index contributed by atoms with van der Waals surface area (Å²) in [5.74, 6) is -0.208. The van der Waals surface area contributed by atoms with Gasteiger partial charge in [-0.2, -0.15) is 0 Å². The van der Waals surface area contributed by atoms with Crippen molar-refractivity contribution in [3.8, 4) is 0 Å². The van der Waals surface area contributed by atoms with E-state index in [0.29, 0.717) is 5.69 Å². The fourth-order valence-electron chi connectivity index (χ4n) is 3.29. The van der Waals surface area contributed by atoms with Crippen LogP contribution >= 0.6 is 11.3 Å². The highest BCUT2D eigenvalue weighted by Gasteiger charge is 2.29. The van der Waals surface area contributed by atoms with Crippen LogP contribution in [-0.2, 0) is 4.79 Å². The number of benzene rings is 1. The Bertz CT molecular complexity index is 789. The Labute approximate surface area is 150 Å². The van der Waals surface area contributed by atoms with Gasteiger partial charge in [-0.15, -0.1) is 11.3 Å². The van der Waals surface area contributed by atoms with E-state index >= 15 is 0 Å². The van der Waals surface area contributed by atoms with Crippen molar-refractivity contribution in [2.45, 2.75) is 32.7 Å². The van der Waals surface area contributed by atoms with Gasteiger partial charge < -0.3 is 5.32 Å². The summed E-state index contributed by atoms with van der Waals surface area (Å²) in [5.41, 5.74) is 1.90. The molecule has 25 heavy (non-hydrogen) atoms. The SMILES string of the molecule is Cc1ccc([N+](=O)[O-])c(NC(=O)CN2CCC[C@@H]2c2cccs2)c1C. The molecule has 1 atom stereocenters. The molecule has 0 radical (unpaired) electrons. The Kier molecular flexibility index (Phi) is 5.15. The maximum atomic E-state index is 12.5. The molecule has 0 saturated carbocycles. The van der Waals surface area contributed by atoms with E-state index in [4.69, 9.17) is 0 Å². The third kappa shape index (κ3) is 3.72. The van der Waals surface area contributed by atoms with Gasteiger partial charge in [0.05, 0.1) is 11.5 Å². The minimum Gasteiger partial charge on any atom is -0.319 e. The molecule has 1 saturated heterocycles. The molecule has 1 amide bonds. The molecule has 6 nitrogen and oxygen atoms in total. The van der Waals surface area contributed by atoms with Crippen LogP contribution in [0.1, 0.15) is 34.9 Å². The third-order valence-corrected chi connectivity index (χ3v) is 5.73. The molecule has 3 rings (SSSR count). The molecule has 1 aliphatic rings. The largest absolute Gasteiger partial charge is 0.319 e. The van der Waals surface area contributed by atoms with Gasteiger partial charge in [0.25, 0.3) is 5.69 Å². The van der Waals surface area contributed by atoms with Crippen molar-refractivity contribution in [1.29, 1.82) is 0 Å². The number of aryl methyl sites for hydroxylation is 1. The van der Waals surface area contributed by atoms with Crippen molar-refractivity contribution in [2.24, 2.45) is 0 Å². The number of thiophene rings is 1. The molecule has 2 aromatic rings. The lowest BCUT2D eigenvalue weighted by Gasteiger charge is -2.23. The zero-order valence-corrected chi connectivity index (χ0v) is 15.1. The normalized spacial score (nSPS) is 17.6. The van der Waals surface area contributed by atoms with E-state index in [1.165, 1.54) is 10.9 Å². The first-order valence-corrected chi connectivity index (χ1v) is 9.17. The van der Waals surface area contributed by atoms with Crippen LogP contribution in [0.2, 0.25) is 0 Å². The molecule has 1 fully saturated rings. The smallest absolute Gasteiger partial charge is 0.293 e. The maximum Gasteiger partial charge on any atom is 0.293 e. The summed E-state index contributed by atoms with van der Waals surface area (Å²) >= 11 is 1.70. The van der Waals surface area contributed by atoms with Crippen LogP contribution in [-0.4, -0.2) is 28.8 Å². The summed E-state index contributed by atoms with van der Waals surface area (Å²) in [6, 6.07) is 7.54. The first-order chi connectivity index (χ1) is 12.0. The number of rotatable bonds is 5. The maximum absolute atomic E-state index is 12.5. The number of nitrogens with one attached hydrogen (secondary N) is 1. The third-order valence-electron chi connectivity index (χ3n) is 4.76. The lowest BCUT2D eigenvalue weighted by atomic mass is 10.1. The highest BCUT2D eigenvalue weighted by atomic mass is 32.1. The van der Waals surface area contributed by atoms with Crippen LogP contribution in [0.5, 0.6) is 0 Å². The van der Waals surface area contributed by atoms with Crippen LogP contribution < -0.4 is 5.32 Å². The number of hydrogen-bond acceptors (Lipinski definition) is 5. The number of nitro groups is 1. The van der Waals surface area contributed by atoms with Crippen LogP contribution in [0.3, 0.4) is 0 Å². The lowest BCUT2D eigenvalue weighted by molar-refractivity contribution is -0.384. The molecule has 0 bridgehead atoms. The molecular weight excluding hydrogens is 338 g/mol. The number of likely N-dealkylation sites (tertiary alicyclic amines) is 1. The van der Waals surface area contributed by atoms with Gasteiger partial charge in [0.2, 0.25) is 5.91 Å². The van der Waals surface area contributed by atoms with E-state index in [1.54, 1.807) is 24.3 Å². The minimum absolute atomic E-state index is 0.0623. The first kappa shape index (κ1) is 17.6. The van der Waals surface area contributed by atoms with Gasteiger partial charge >= 0.3 is 0 Å². The van der Waals surface area contributed by atoms with E-state index < -0.39 is 4.92 Å². The average molecular weight is 359 g/mol. The van der Waals surface area contributed by atoms with Crippen molar-refractivity contribution in [1.82, 2.24) is 4.90 Å². The van der Waals surface area contributed by atoms with Gasteiger partial charge in [-0.3, -0.25) is 19.8 Å². The number of nitro benzene ring substituents is 1. The monoisotopic (exact) mass is 359 g/mol. The first-order valence-electron chi connectivity index (χ1n) is 8.29. The highest BCUT2D eigenvalue weighted by molar-refractivity contribution is 7.10. The summed E-state index contributed by atoms with van der Waals surface area (Å²) in [5, 5.41) is 16.1. The Morgan fingerprint density at radius 1 is 1.40 bits per heavy atom. The van der Waals surface area contributed by atoms with Gasteiger partial charge in [0.1, 0.15) is 5.69 Å². The summed E-state index contributed by atoms with van der Waals surface area (Å²) in [4.78, 5) is 26.8. The number of anilines is 1. The minimum atomic E-state index is -0.452. The average Bonchev–Trinajstić information content (AvgIpc) is 3.22. The number of amides is 1. The molecule has 1 N–H and O–H groups in total. The fourth-order valence-corrected chi connectivity index (χ4v) is 4.19. The summed E-state index contributed by atoms with van der Waals surface area (Å²) in [6.45, 7) is 4.78. The number of nitrogens with zero attached hydrogens (tertiary/aromatic N) is 2. The van der Waals surface area contributed by atoms with Gasteiger partial charge in [0.15, 0.2) is 0 Å². The second-order valence-corrected chi connectivity index (χ2v) is 7.33. The summed E-state index contributed by atoms with van der Waals surface area (Å²) in [6.07, 6.45) is 2.09. The fraction of sp³-hybridized carbons (Fsp3) is 0.389. The highest BCUT2D eigenvalue weighted by Crippen LogP contribution is 2.34. The van der Waals surface area contributed by atoms with Crippen molar-refractivity contribution >= 4 is 28.6 Å². The van der Waals surface area contributed by atoms with E-state index in [1.807, 2.05) is 18.4 Å². The zero-order chi connectivity index (χ0) is 18.0. The van der Waals surface area contributed by atoms with Gasteiger partial charge in [-0.25, -0.2) is 0 Å². The molecule has 1 aromatic carbocycles. The van der Waals surface area contributed by atoms with Crippen LogP contribution in [0, 0.1) is 24.0 Å². The topological polar surface area (TPSA) is 75.5 Å². The Hall–Kier alpha value is -2.25. The summed E-state index contributed by atoms with van der Waals surface area (Å²) in [7, 11) is 0. The molecule has 7 heteroatoms. The molecule has 1 aromatic heterocycles. The number of carbonyl (C=O) groups excluding carboxylic acids is 1. The predicted octanol–water partition coefficient (Wildman–Crippen LogP) is 4.05. The van der Waals surface area contributed by atoms with Crippen molar-refractivity contribution in [3.63, 3.8) is 0 Å². The Morgan fingerprint density at radius 3 is 2.88 bits per heavy atom. The van der Waals surface area contributed by atoms with Crippen LogP contribution in [0.4, 0.5) is 11.4 Å². The van der Waals surface area contributed by atoms with E-state index in [0.717, 1.165) is 30.5 Å². The molecule has 132 valence electrons. The second kappa shape index (κ2) is 7.33. The van der Waals surface area contributed by atoms with Crippen LogP contribution in [0.15, 0.2) is 29.6 Å². The van der Waals surface area contributed by atoms with Gasteiger partial charge in [-0.1, -0.05) is 12.1 Å². The standard InChI is InChI=1S/C18H21N3O3S/c1-12-7-8-15(21(23)24)18(13(12)2)19-17(22)11-20-9-3-5-14(20)16-6-4-10-25-16/h4,6-8,10,14H,3,5,9,11H2,1-2H3,(H,19,22)/t14-/m1/s1. The van der Waals surface area contributed by atoms with Crippen molar-refractivity contribution < 1.29 is 9.72 Å². The predicted molar refractivity (Wildman–Crippen MR) is 99.1 cm³/mol. The van der Waals surface area contributed by atoms with Crippen molar-refractivity contribution in [2.75, 3.05) is 18.4 Å². The van der Waals surface area contributed by atoms with Gasteiger partial charge in [-0.05, 0) is 55.8 Å². The molecule has 2 heterocycles. The van der Waals surface area contributed by atoms with Crippen molar-refractivity contribution in [3.05, 3.63) is 55.8 Å². The Balaban J connectivity index is 1.75. The molecular formula is C18H21N3O3S.